The molecule has 0 amide bonds. The van der Waals surface area contributed by atoms with Gasteiger partial charge in [0.15, 0.2) is 5.58 Å². The topological polar surface area (TPSA) is 68.4 Å². The molecule has 0 radical (unpaired) electrons. The molecule has 1 aromatic carbocycles. The number of benzene rings is 1. The summed E-state index contributed by atoms with van der Waals surface area (Å²) in [4.78, 5) is 4.38. The van der Waals surface area contributed by atoms with E-state index in [0.29, 0.717) is 23.6 Å². The lowest BCUT2D eigenvalue weighted by atomic mass is 10.2. The molecule has 5 heteroatoms. The highest BCUT2D eigenvalue weighted by atomic mass is 16.5. The molecule has 0 unspecified atom stereocenters. The minimum atomic E-state index is -0.205. The summed E-state index contributed by atoms with van der Waals surface area (Å²) in [6.45, 7) is 2.04. The zero-order valence-electron chi connectivity index (χ0n) is 11.0. The maximum absolute atomic E-state index is 9.52. The Bertz CT molecular complexity index is 723. The fraction of sp³-hybridized carbons (Fsp3) is 0.200. The molecule has 0 bridgehead atoms. The Hall–Kier alpha value is -2.40. The number of rotatable bonds is 4. The molecule has 1 N–H and O–H groups in total. The summed E-state index contributed by atoms with van der Waals surface area (Å²) in [6, 6.07) is 9.79. The average Bonchev–Trinajstić information content (AvgIpc) is 2.96. The molecule has 0 saturated heterocycles. The summed E-state index contributed by atoms with van der Waals surface area (Å²) in [5.74, 6) is 0.387. The molecule has 0 aliphatic rings. The Morgan fingerprint density at radius 3 is 2.80 bits per heavy atom. The number of nitrogens with zero attached hydrogens (tertiary/aromatic N) is 2. The first-order valence-corrected chi connectivity index (χ1v) is 6.31. The Labute approximate surface area is 115 Å². The fourth-order valence-corrected chi connectivity index (χ4v) is 2.08. The van der Waals surface area contributed by atoms with Gasteiger partial charge in [-0.15, -0.1) is 0 Å². The van der Waals surface area contributed by atoms with E-state index in [1.165, 1.54) is 0 Å². The van der Waals surface area contributed by atoms with Gasteiger partial charge < -0.3 is 14.4 Å². The van der Waals surface area contributed by atoms with Crippen LogP contribution in [0.2, 0.25) is 0 Å². The van der Waals surface area contributed by atoms with E-state index in [1.54, 1.807) is 6.20 Å². The van der Waals surface area contributed by atoms with Gasteiger partial charge in [0.2, 0.25) is 5.88 Å². The van der Waals surface area contributed by atoms with E-state index >= 15 is 0 Å². The Morgan fingerprint density at radius 1 is 1.25 bits per heavy atom. The Morgan fingerprint density at radius 2 is 2.05 bits per heavy atom. The first kappa shape index (κ1) is 12.6. The van der Waals surface area contributed by atoms with Gasteiger partial charge in [0.1, 0.15) is 6.61 Å². The monoisotopic (exact) mass is 270 g/mol. The normalized spacial score (nSPS) is 10.9. The third-order valence-corrected chi connectivity index (χ3v) is 3.14. The SMILES string of the molecule is Cc1nc(OCc2ccccc2)c(CO)c2oncc12. The number of aromatic nitrogens is 2. The maximum Gasteiger partial charge on any atom is 0.223 e. The van der Waals surface area contributed by atoms with Crippen LogP contribution in [0, 0.1) is 6.92 Å². The summed E-state index contributed by atoms with van der Waals surface area (Å²) < 4.78 is 10.9. The molecule has 0 fully saturated rings. The highest BCUT2D eigenvalue weighted by Crippen LogP contribution is 2.28. The van der Waals surface area contributed by atoms with Crippen LogP contribution in [0.3, 0.4) is 0 Å². The van der Waals surface area contributed by atoms with Crippen molar-refractivity contribution in [1.82, 2.24) is 10.1 Å². The first-order valence-electron chi connectivity index (χ1n) is 6.31. The molecule has 5 nitrogen and oxygen atoms in total. The van der Waals surface area contributed by atoms with Crippen molar-refractivity contribution in [2.45, 2.75) is 20.1 Å². The van der Waals surface area contributed by atoms with E-state index in [9.17, 15) is 5.11 Å². The van der Waals surface area contributed by atoms with Crippen LogP contribution < -0.4 is 4.74 Å². The van der Waals surface area contributed by atoms with E-state index < -0.39 is 0 Å². The molecular formula is C15H14N2O3. The molecule has 102 valence electrons. The molecule has 20 heavy (non-hydrogen) atoms. The smallest absolute Gasteiger partial charge is 0.223 e. The summed E-state index contributed by atoms with van der Waals surface area (Å²) in [6.07, 6.45) is 1.60. The molecule has 3 rings (SSSR count). The lowest BCUT2D eigenvalue weighted by Crippen LogP contribution is -2.02. The quantitative estimate of drug-likeness (QED) is 0.789. The summed E-state index contributed by atoms with van der Waals surface area (Å²) in [5.41, 5.74) is 2.86. The zero-order chi connectivity index (χ0) is 13.9. The number of fused-ring (bicyclic) bond motifs is 1. The van der Waals surface area contributed by atoms with Gasteiger partial charge in [-0.1, -0.05) is 35.5 Å². The Kier molecular flexibility index (Phi) is 3.35. The minimum absolute atomic E-state index is 0.205. The van der Waals surface area contributed by atoms with Crippen LogP contribution in [0.1, 0.15) is 16.8 Å². The van der Waals surface area contributed by atoms with Crippen LogP contribution in [0.15, 0.2) is 41.1 Å². The number of pyridine rings is 1. The predicted octanol–water partition coefficient (Wildman–Crippen LogP) is 2.60. The number of ether oxygens (including phenoxy) is 1. The van der Waals surface area contributed by atoms with E-state index in [2.05, 4.69) is 10.1 Å². The second-order valence-electron chi connectivity index (χ2n) is 4.48. The van der Waals surface area contributed by atoms with Gasteiger partial charge in [-0.2, -0.15) is 0 Å². The lowest BCUT2D eigenvalue weighted by molar-refractivity contribution is 0.251. The van der Waals surface area contributed by atoms with Crippen LogP contribution in [0.4, 0.5) is 0 Å². The Balaban J connectivity index is 1.94. The van der Waals surface area contributed by atoms with E-state index in [-0.39, 0.29) is 6.61 Å². The van der Waals surface area contributed by atoms with Gasteiger partial charge in [-0.25, -0.2) is 4.98 Å². The largest absolute Gasteiger partial charge is 0.472 e. The van der Waals surface area contributed by atoms with E-state index in [0.717, 1.165) is 16.6 Å². The molecular weight excluding hydrogens is 256 g/mol. The fourth-order valence-electron chi connectivity index (χ4n) is 2.08. The zero-order valence-corrected chi connectivity index (χ0v) is 11.0. The maximum atomic E-state index is 9.52. The second-order valence-corrected chi connectivity index (χ2v) is 4.48. The van der Waals surface area contributed by atoms with E-state index in [1.807, 2.05) is 37.3 Å². The summed E-state index contributed by atoms with van der Waals surface area (Å²) >= 11 is 0. The van der Waals surface area contributed by atoms with Crippen LogP contribution in [-0.4, -0.2) is 15.2 Å². The van der Waals surface area contributed by atoms with Gasteiger partial charge in [-0.3, -0.25) is 0 Å². The van der Waals surface area contributed by atoms with Gasteiger partial charge in [0, 0.05) is 0 Å². The number of hydrogen-bond donors (Lipinski definition) is 1. The average molecular weight is 270 g/mol. The van der Waals surface area contributed by atoms with Crippen molar-refractivity contribution < 1.29 is 14.4 Å². The van der Waals surface area contributed by atoms with Gasteiger partial charge >= 0.3 is 0 Å². The van der Waals surface area contributed by atoms with Crippen molar-refractivity contribution in [3.05, 3.63) is 53.3 Å². The number of aliphatic hydroxyl groups excluding tert-OH is 1. The van der Waals surface area contributed by atoms with Crippen molar-refractivity contribution >= 4 is 11.0 Å². The summed E-state index contributed by atoms with van der Waals surface area (Å²) in [5, 5.41) is 14.1. The number of aliphatic hydroxyl groups is 1. The van der Waals surface area contributed by atoms with Crippen molar-refractivity contribution in [3.8, 4) is 5.88 Å². The molecule has 0 saturated carbocycles. The van der Waals surface area contributed by atoms with Crippen molar-refractivity contribution in [2.75, 3.05) is 0 Å². The molecule has 2 aromatic heterocycles. The molecule has 0 aliphatic heterocycles. The van der Waals surface area contributed by atoms with Crippen LogP contribution in [-0.2, 0) is 13.2 Å². The molecule has 3 aromatic rings. The predicted molar refractivity (Wildman–Crippen MR) is 73.2 cm³/mol. The minimum Gasteiger partial charge on any atom is -0.472 e. The highest BCUT2D eigenvalue weighted by molar-refractivity contribution is 5.82. The molecule has 0 aliphatic carbocycles. The van der Waals surface area contributed by atoms with Gasteiger partial charge in [-0.05, 0) is 12.5 Å². The van der Waals surface area contributed by atoms with Crippen molar-refractivity contribution in [3.63, 3.8) is 0 Å². The molecule has 2 heterocycles. The summed E-state index contributed by atoms with van der Waals surface area (Å²) in [7, 11) is 0. The van der Waals surface area contributed by atoms with Crippen molar-refractivity contribution in [1.29, 1.82) is 0 Å². The second kappa shape index (κ2) is 5.30. The number of aryl methyl sites for hydroxylation is 1. The van der Waals surface area contributed by atoms with Crippen LogP contribution in [0.25, 0.3) is 11.0 Å². The standard InChI is InChI=1S/C15H14N2O3/c1-10-12-7-16-20-14(12)13(8-18)15(17-10)19-9-11-5-3-2-4-6-11/h2-7,18H,8-9H2,1H3. The highest BCUT2D eigenvalue weighted by Gasteiger charge is 2.16. The first-order chi connectivity index (χ1) is 9.79. The number of hydrogen-bond acceptors (Lipinski definition) is 5. The van der Waals surface area contributed by atoms with E-state index in [4.69, 9.17) is 9.26 Å². The van der Waals surface area contributed by atoms with Gasteiger partial charge in [0.25, 0.3) is 0 Å². The van der Waals surface area contributed by atoms with Crippen molar-refractivity contribution in [2.24, 2.45) is 0 Å². The van der Waals surface area contributed by atoms with Gasteiger partial charge in [0.05, 0.1) is 29.4 Å². The third-order valence-electron chi connectivity index (χ3n) is 3.14. The van der Waals surface area contributed by atoms with Crippen LogP contribution >= 0.6 is 0 Å². The molecule has 0 atom stereocenters. The van der Waals surface area contributed by atoms with Crippen LogP contribution in [0.5, 0.6) is 5.88 Å². The lowest BCUT2D eigenvalue weighted by Gasteiger charge is -2.10. The third kappa shape index (κ3) is 2.23. The molecule has 0 spiro atoms.